The van der Waals surface area contributed by atoms with Crippen LogP contribution in [0.4, 0.5) is 11.4 Å². The SMILES string of the molecule is O=C(/C=C/c1ccccc1[N+](=O)[O-])Nc1cccc(C(=O)c2ccccc2)c1. The highest BCUT2D eigenvalue weighted by molar-refractivity contribution is 6.10. The van der Waals surface area contributed by atoms with E-state index in [0.717, 1.165) is 0 Å². The molecule has 0 fully saturated rings. The van der Waals surface area contributed by atoms with Gasteiger partial charge in [-0.05, 0) is 24.3 Å². The highest BCUT2D eigenvalue weighted by atomic mass is 16.6. The summed E-state index contributed by atoms with van der Waals surface area (Å²) in [4.78, 5) is 35.2. The number of nitro groups is 1. The summed E-state index contributed by atoms with van der Waals surface area (Å²) in [6.45, 7) is 0. The van der Waals surface area contributed by atoms with Gasteiger partial charge in [-0.1, -0.05) is 54.6 Å². The Labute approximate surface area is 161 Å². The number of anilines is 1. The summed E-state index contributed by atoms with van der Waals surface area (Å²) >= 11 is 0. The Bertz CT molecular complexity index is 1060. The van der Waals surface area contributed by atoms with Crippen molar-refractivity contribution >= 4 is 29.1 Å². The molecule has 0 saturated carbocycles. The van der Waals surface area contributed by atoms with Crippen molar-refractivity contribution in [2.45, 2.75) is 0 Å². The number of carbonyl (C=O) groups excluding carboxylic acids is 2. The Kier molecular flexibility index (Phi) is 5.72. The van der Waals surface area contributed by atoms with Crippen LogP contribution in [0.25, 0.3) is 6.08 Å². The number of amides is 1. The van der Waals surface area contributed by atoms with Crippen LogP contribution in [0.3, 0.4) is 0 Å². The van der Waals surface area contributed by atoms with Crippen LogP contribution < -0.4 is 5.32 Å². The fourth-order valence-corrected chi connectivity index (χ4v) is 2.64. The normalized spacial score (nSPS) is 10.6. The third-order valence-corrected chi connectivity index (χ3v) is 3.98. The molecule has 6 nitrogen and oxygen atoms in total. The van der Waals surface area contributed by atoms with Crippen LogP contribution in [0.5, 0.6) is 0 Å². The van der Waals surface area contributed by atoms with E-state index in [2.05, 4.69) is 5.32 Å². The molecule has 0 saturated heterocycles. The molecule has 0 aliphatic rings. The average molecular weight is 372 g/mol. The predicted molar refractivity (Wildman–Crippen MR) is 107 cm³/mol. The second-order valence-corrected chi connectivity index (χ2v) is 5.91. The molecule has 0 unspecified atom stereocenters. The Morgan fingerprint density at radius 1 is 0.857 bits per heavy atom. The van der Waals surface area contributed by atoms with Gasteiger partial charge in [-0.25, -0.2) is 0 Å². The minimum absolute atomic E-state index is 0.0815. The van der Waals surface area contributed by atoms with Gasteiger partial charge in [0.15, 0.2) is 5.78 Å². The molecule has 1 N–H and O–H groups in total. The van der Waals surface area contributed by atoms with Crippen molar-refractivity contribution in [1.29, 1.82) is 0 Å². The first kappa shape index (κ1) is 18.7. The summed E-state index contributed by atoms with van der Waals surface area (Å²) in [7, 11) is 0. The van der Waals surface area contributed by atoms with Gasteiger partial charge in [-0.2, -0.15) is 0 Å². The number of benzene rings is 3. The van der Waals surface area contributed by atoms with Crippen molar-refractivity contribution in [3.05, 3.63) is 112 Å². The summed E-state index contributed by atoms with van der Waals surface area (Å²) in [5.74, 6) is -0.602. The van der Waals surface area contributed by atoms with E-state index < -0.39 is 10.8 Å². The van der Waals surface area contributed by atoms with Crippen LogP contribution in [-0.4, -0.2) is 16.6 Å². The first-order chi connectivity index (χ1) is 13.5. The number of hydrogen-bond donors (Lipinski definition) is 1. The molecule has 0 spiro atoms. The van der Waals surface area contributed by atoms with E-state index in [9.17, 15) is 19.7 Å². The molecule has 28 heavy (non-hydrogen) atoms. The minimum Gasteiger partial charge on any atom is -0.322 e. The van der Waals surface area contributed by atoms with Gasteiger partial charge < -0.3 is 5.32 Å². The summed E-state index contributed by atoms with van der Waals surface area (Å²) < 4.78 is 0. The van der Waals surface area contributed by atoms with Gasteiger partial charge in [0.05, 0.1) is 10.5 Å². The molecule has 3 aromatic carbocycles. The zero-order valence-electron chi connectivity index (χ0n) is 14.7. The van der Waals surface area contributed by atoms with Crippen molar-refractivity contribution in [3.8, 4) is 0 Å². The Morgan fingerprint density at radius 3 is 2.29 bits per heavy atom. The molecule has 1 amide bonds. The van der Waals surface area contributed by atoms with Gasteiger partial charge in [-0.15, -0.1) is 0 Å². The monoisotopic (exact) mass is 372 g/mol. The number of nitrogens with zero attached hydrogens (tertiary/aromatic N) is 1. The van der Waals surface area contributed by atoms with Crippen molar-refractivity contribution in [1.82, 2.24) is 0 Å². The first-order valence-electron chi connectivity index (χ1n) is 8.47. The lowest BCUT2D eigenvalue weighted by atomic mass is 10.0. The molecule has 0 aliphatic heterocycles. The van der Waals surface area contributed by atoms with Crippen LogP contribution in [-0.2, 0) is 4.79 Å². The number of para-hydroxylation sites is 1. The smallest absolute Gasteiger partial charge is 0.276 e. The quantitative estimate of drug-likeness (QED) is 0.299. The largest absolute Gasteiger partial charge is 0.322 e. The summed E-state index contributed by atoms with van der Waals surface area (Å²) in [5, 5.41) is 13.7. The number of nitrogens with one attached hydrogen (secondary N) is 1. The van der Waals surface area contributed by atoms with Crippen LogP contribution in [0.15, 0.2) is 84.9 Å². The van der Waals surface area contributed by atoms with Gasteiger partial charge in [0, 0.05) is 29.0 Å². The summed E-state index contributed by atoms with van der Waals surface area (Å²) in [5.41, 5.74) is 1.71. The van der Waals surface area contributed by atoms with Crippen LogP contribution >= 0.6 is 0 Å². The van der Waals surface area contributed by atoms with Crippen molar-refractivity contribution in [2.75, 3.05) is 5.32 Å². The van der Waals surface area contributed by atoms with E-state index in [4.69, 9.17) is 0 Å². The Hall–Kier alpha value is -4.06. The molecular weight excluding hydrogens is 356 g/mol. The van der Waals surface area contributed by atoms with E-state index in [-0.39, 0.29) is 11.5 Å². The average Bonchev–Trinajstić information content (AvgIpc) is 2.72. The molecule has 0 atom stereocenters. The van der Waals surface area contributed by atoms with Crippen LogP contribution in [0.2, 0.25) is 0 Å². The van der Waals surface area contributed by atoms with Gasteiger partial charge in [0.25, 0.3) is 5.69 Å². The van der Waals surface area contributed by atoms with Crippen molar-refractivity contribution < 1.29 is 14.5 Å². The fourth-order valence-electron chi connectivity index (χ4n) is 2.64. The molecular formula is C22H16N2O4. The lowest BCUT2D eigenvalue weighted by Gasteiger charge is -2.06. The van der Waals surface area contributed by atoms with Crippen LogP contribution in [0.1, 0.15) is 21.5 Å². The maximum absolute atomic E-state index is 12.5. The number of ketones is 1. The third kappa shape index (κ3) is 4.56. The molecule has 0 radical (unpaired) electrons. The lowest BCUT2D eigenvalue weighted by molar-refractivity contribution is -0.385. The van der Waals surface area contributed by atoms with Gasteiger partial charge in [0.1, 0.15) is 0 Å². The lowest BCUT2D eigenvalue weighted by Crippen LogP contribution is -2.09. The molecule has 0 aliphatic carbocycles. The number of hydrogen-bond acceptors (Lipinski definition) is 4. The highest BCUT2D eigenvalue weighted by Crippen LogP contribution is 2.19. The Balaban J connectivity index is 1.73. The topological polar surface area (TPSA) is 89.3 Å². The number of rotatable bonds is 6. The number of carbonyl (C=O) groups is 2. The summed E-state index contributed by atoms with van der Waals surface area (Å²) in [6, 6.07) is 21.6. The highest BCUT2D eigenvalue weighted by Gasteiger charge is 2.11. The van der Waals surface area contributed by atoms with E-state index in [1.807, 2.05) is 6.07 Å². The van der Waals surface area contributed by atoms with Gasteiger partial charge in [0.2, 0.25) is 5.91 Å². The molecule has 0 bridgehead atoms. The fraction of sp³-hybridized carbons (Fsp3) is 0. The molecule has 138 valence electrons. The van der Waals surface area contributed by atoms with Gasteiger partial charge in [-0.3, -0.25) is 19.7 Å². The number of nitro benzene ring substituents is 1. The maximum Gasteiger partial charge on any atom is 0.276 e. The summed E-state index contributed by atoms with van der Waals surface area (Å²) in [6.07, 6.45) is 2.60. The predicted octanol–water partition coefficient (Wildman–Crippen LogP) is 4.48. The van der Waals surface area contributed by atoms with Crippen molar-refractivity contribution in [2.24, 2.45) is 0 Å². The molecule has 6 heteroatoms. The molecule has 0 heterocycles. The zero-order chi connectivity index (χ0) is 19.9. The second-order valence-electron chi connectivity index (χ2n) is 5.91. The molecule has 3 aromatic rings. The van der Waals surface area contributed by atoms with E-state index in [1.165, 1.54) is 18.2 Å². The standard InChI is InChI=1S/C22H16N2O4/c25-21(14-13-16-7-4-5-12-20(16)24(27)28)23-19-11-6-10-18(15-19)22(26)17-8-2-1-3-9-17/h1-15H,(H,23,25)/b14-13+. The molecule has 0 aromatic heterocycles. The second kappa shape index (κ2) is 8.55. The zero-order valence-corrected chi connectivity index (χ0v) is 14.7. The van der Waals surface area contributed by atoms with Gasteiger partial charge >= 0.3 is 0 Å². The van der Waals surface area contributed by atoms with E-state index >= 15 is 0 Å². The van der Waals surface area contributed by atoms with E-state index in [1.54, 1.807) is 66.7 Å². The maximum atomic E-state index is 12.5. The molecule has 3 rings (SSSR count). The first-order valence-corrected chi connectivity index (χ1v) is 8.47. The van der Waals surface area contributed by atoms with Crippen LogP contribution in [0, 0.1) is 10.1 Å². The Morgan fingerprint density at radius 2 is 1.54 bits per heavy atom. The van der Waals surface area contributed by atoms with Crippen molar-refractivity contribution in [3.63, 3.8) is 0 Å². The third-order valence-electron chi connectivity index (χ3n) is 3.98. The minimum atomic E-state index is -0.504. The van der Waals surface area contributed by atoms with E-state index in [0.29, 0.717) is 22.4 Å².